The van der Waals surface area contributed by atoms with Crippen molar-refractivity contribution in [2.75, 3.05) is 29.9 Å². The number of urea groups is 1. The van der Waals surface area contributed by atoms with Gasteiger partial charge < -0.3 is 16.0 Å². The number of nitrogens with zero attached hydrogens (tertiary/aromatic N) is 2. The largest absolute Gasteiger partial charge is 0.341 e. The van der Waals surface area contributed by atoms with E-state index >= 15 is 0 Å². The zero-order chi connectivity index (χ0) is 19.7. The number of hydrogen-bond donors (Lipinski definition) is 3. The van der Waals surface area contributed by atoms with Crippen LogP contribution in [0.5, 0.6) is 0 Å². The number of sulfonamides is 1. The molecule has 0 aliphatic carbocycles. The first-order valence-electron chi connectivity index (χ1n) is 9.03. The molecular weight excluding hydrogens is 378 g/mol. The minimum Gasteiger partial charge on any atom is -0.341 e. The van der Waals surface area contributed by atoms with Gasteiger partial charge in [0.15, 0.2) is 0 Å². The Bertz CT molecular complexity index is 1030. The average Bonchev–Trinajstić information content (AvgIpc) is 3.12. The van der Waals surface area contributed by atoms with E-state index in [0.29, 0.717) is 24.6 Å². The van der Waals surface area contributed by atoms with Gasteiger partial charge in [0.1, 0.15) is 10.7 Å². The Balaban J connectivity index is 1.41. The second-order valence-corrected chi connectivity index (χ2v) is 8.28. The standard InChI is InChI=1S/C19H21N5O3S/c1-13(14-6-8-15(9-7-14)24-11-10-20-19(24)25)21-12-18-22-16-4-2-3-5-17(16)28(26,27)23-18/h2-9,13,21H,10-12H2,1H3,(H,20,25)(H,22,23). The quantitative estimate of drug-likeness (QED) is 0.714. The van der Waals surface area contributed by atoms with E-state index in [4.69, 9.17) is 0 Å². The molecule has 28 heavy (non-hydrogen) atoms. The van der Waals surface area contributed by atoms with E-state index in [1.807, 2.05) is 31.2 Å². The van der Waals surface area contributed by atoms with Crippen LogP contribution < -0.4 is 20.9 Å². The van der Waals surface area contributed by atoms with Crippen molar-refractivity contribution in [3.05, 3.63) is 54.1 Å². The SMILES string of the molecule is CC(NCC1=NS(=O)(=O)c2ccccc2N1)c1ccc(N2CCNC2=O)cc1. The highest BCUT2D eigenvalue weighted by molar-refractivity contribution is 7.90. The van der Waals surface area contributed by atoms with Gasteiger partial charge in [-0.2, -0.15) is 8.42 Å². The minimum atomic E-state index is -3.68. The lowest BCUT2D eigenvalue weighted by Gasteiger charge is -2.21. The predicted molar refractivity (Wildman–Crippen MR) is 108 cm³/mol. The first-order valence-corrected chi connectivity index (χ1v) is 10.5. The van der Waals surface area contributed by atoms with Gasteiger partial charge in [-0.25, -0.2) is 4.79 Å². The lowest BCUT2D eigenvalue weighted by molar-refractivity contribution is 0.252. The molecule has 1 saturated heterocycles. The molecule has 1 fully saturated rings. The van der Waals surface area contributed by atoms with E-state index in [1.54, 1.807) is 23.1 Å². The second kappa shape index (κ2) is 7.25. The molecule has 8 nitrogen and oxygen atoms in total. The van der Waals surface area contributed by atoms with Crippen LogP contribution in [0.3, 0.4) is 0 Å². The van der Waals surface area contributed by atoms with Crippen molar-refractivity contribution in [1.82, 2.24) is 10.6 Å². The molecule has 4 rings (SSSR count). The molecule has 2 heterocycles. The van der Waals surface area contributed by atoms with Crippen molar-refractivity contribution in [2.24, 2.45) is 4.40 Å². The summed E-state index contributed by atoms with van der Waals surface area (Å²) in [5.74, 6) is 0.357. The fourth-order valence-electron chi connectivity index (χ4n) is 3.27. The van der Waals surface area contributed by atoms with Crippen molar-refractivity contribution in [3.8, 4) is 0 Å². The smallest absolute Gasteiger partial charge is 0.321 e. The molecular formula is C19H21N5O3S. The Hall–Kier alpha value is -2.91. The molecule has 2 amide bonds. The van der Waals surface area contributed by atoms with Crippen molar-refractivity contribution in [1.29, 1.82) is 0 Å². The summed E-state index contributed by atoms with van der Waals surface area (Å²) in [7, 11) is -3.68. The van der Waals surface area contributed by atoms with Gasteiger partial charge in [-0.3, -0.25) is 4.90 Å². The van der Waals surface area contributed by atoms with Crippen molar-refractivity contribution < 1.29 is 13.2 Å². The lowest BCUT2D eigenvalue weighted by atomic mass is 10.1. The third kappa shape index (κ3) is 3.58. The maximum Gasteiger partial charge on any atom is 0.321 e. The third-order valence-corrected chi connectivity index (χ3v) is 6.18. The number of rotatable bonds is 5. The van der Waals surface area contributed by atoms with Gasteiger partial charge in [0, 0.05) is 24.8 Å². The zero-order valence-electron chi connectivity index (χ0n) is 15.3. The van der Waals surface area contributed by atoms with Crippen LogP contribution in [-0.2, 0) is 10.0 Å². The molecule has 3 N–H and O–H groups in total. The number of carbonyl (C=O) groups excluding carboxylic acids is 1. The number of carbonyl (C=O) groups is 1. The van der Waals surface area contributed by atoms with Crippen LogP contribution >= 0.6 is 0 Å². The number of fused-ring (bicyclic) bond motifs is 1. The summed E-state index contributed by atoms with van der Waals surface area (Å²) >= 11 is 0. The van der Waals surface area contributed by atoms with Gasteiger partial charge in [0.25, 0.3) is 10.0 Å². The highest BCUT2D eigenvalue weighted by Crippen LogP contribution is 2.26. The summed E-state index contributed by atoms with van der Waals surface area (Å²) in [6, 6.07) is 14.4. The van der Waals surface area contributed by atoms with E-state index in [9.17, 15) is 13.2 Å². The summed E-state index contributed by atoms with van der Waals surface area (Å²) in [5, 5.41) is 9.13. The van der Waals surface area contributed by atoms with Crippen LogP contribution in [0.2, 0.25) is 0 Å². The molecule has 1 atom stereocenters. The first kappa shape index (κ1) is 18.5. The van der Waals surface area contributed by atoms with Crippen molar-refractivity contribution in [3.63, 3.8) is 0 Å². The number of para-hydroxylation sites is 1. The maximum atomic E-state index is 12.3. The summed E-state index contributed by atoms with van der Waals surface area (Å²) in [5.41, 5.74) is 2.42. The Morgan fingerprint density at radius 2 is 1.93 bits per heavy atom. The van der Waals surface area contributed by atoms with Crippen molar-refractivity contribution in [2.45, 2.75) is 17.9 Å². The maximum absolute atomic E-state index is 12.3. The van der Waals surface area contributed by atoms with Gasteiger partial charge in [0.2, 0.25) is 0 Å². The number of amidine groups is 1. The molecule has 0 bridgehead atoms. The fraction of sp³-hybridized carbons (Fsp3) is 0.263. The van der Waals surface area contributed by atoms with Gasteiger partial charge in [-0.1, -0.05) is 24.3 Å². The molecule has 2 aromatic carbocycles. The second-order valence-electron chi connectivity index (χ2n) is 6.71. The van der Waals surface area contributed by atoms with Crippen LogP contribution in [0.4, 0.5) is 16.2 Å². The Labute approximate surface area is 163 Å². The van der Waals surface area contributed by atoms with Gasteiger partial charge in [0.05, 0.1) is 12.2 Å². The van der Waals surface area contributed by atoms with Crippen LogP contribution in [-0.4, -0.2) is 39.9 Å². The Kier molecular flexibility index (Phi) is 4.78. The minimum absolute atomic E-state index is 0.0224. The van der Waals surface area contributed by atoms with E-state index < -0.39 is 10.0 Å². The number of amides is 2. The molecule has 0 radical (unpaired) electrons. The highest BCUT2D eigenvalue weighted by Gasteiger charge is 2.24. The van der Waals surface area contributed by atoms with Gasteiger partial charge in [-0.15, -0.1) is 4.40 Å². The molecule has 2 aromatic rings. The van der Waals surface area contributed by atoms with E-state index in [-0.39, 0.29) is 23.5 Å². The summed E-state index contributed by atoms with van der Waals surface area (Å²) in [6.07, 6.45) is 0. The monoisotopic (exact) mass is 399 g/mol. The number of nitrogens with one attached hydrogen (secondary N) is 3. The van der Waals surface area contributed by atoms with Crippen LogP contribution in [0.1, 0.15) is 18.5 Å². The fourth-order valence-corrected chi connectivity index (χ4v) is 4.42. The van der Waals surface area contributed by atoms with Crippen LogP contribution in [0.25, 0.3) is 0 Å². The molecule has 0 aromatic heterocycles. The van der Waals surface area contributed by atoms with E-state index in [0.717, 1.165) is 11.3 Å². The van der Waals surface area contributed by atoms with E-state index in [1.165, 1.54) is 6.07 Å². The number of hydrogen-bond acceptors (Lipinski definition) is 5. The molecule has 2 aliphatic heterocycles. The summed E-state index contributed by atoms with van der Waals surface area (Å²) in [4.78, 5) is 13.6. The van der Waals surface area contributed by atoms with Gasteiger partial charge >= 0.3 is 6.03 Å². The van der Waals surface area contributed by atoms with Crippen LogP contribution in [0, 0.1) is 0 Å². The topological polar surface area (TPSA) is 103 Å². The molecule has 9 heteroatoms. The lowest BCUT2D eigenvalue weighted by Crippen LogP contribution is -2.33. The number of anilines is 2. The Morgan fingerprint density at radius 3 is 2.64 bits per heavy atom. The van der Waals surface area contributed by atoms with E-state index in [2.05, 4.69) is 20.3 Å². The Morgan fingerprint density at radius 1 is 1.18 bits per heavy atom. The first-order chi connectivity index (χ1) is 13.4. The molecule has 146 valence electrons. The molecule has 0 spiro atoms. The van der Waals surface area contributed by atoms with Crippen LogP contribution in [0.15, 0.2) is 57.8 Å². The molecule has 1 unspecified atom stereocenters. The highest BCUT2D eigenvalue weighted by atomic mass is 32.2. The van der Waals surface area contributed by atoms with Gasteiger partial charge in [-0.05, 0) is 36.8 Å². The summed E-state index contributed by atoms with van der Waals surface area (Å²) < 4.78 is 28.5. The normalized spacial score (nSPS) is 18.7. The zero-order valence-corrected chi connectivity index (χ0v) is 16.2. The molecule has 2 aliphatic rings. The average molecular weight is 399 g/mol. The third-order valence-electron chi connectivity index (χ3n) is 4.81. The van der Waals surface area contributed by atoms with Crippen molar-refractivity contribution >= 4 is 33.3 Å². The number of benzene rings is 2. The predicted octanol–water partition coefficient (Wildman–Crippen LogP) is 2.08. The molecule has 0 saturated carbocycles. The summed E-state index contributed by atoms with van der Waals surface area (Å²) in [6.45, 7) is 3.58.